The number of aromatic nitrogens is 2. The van der Waals surface area contributed by atoms with Gasteiger partial charge in [0, 0.05) is 18.8 Å². The average molecular weight is 249 g/mol. The Bertz CT molecular complexity index is 370. The van der Waals surface area contributed by atoms with Crippen molar-refractivity contribution in [2.45, 2.75) is 71.9 Å². The van der Waals surface area contributed by atoms with Gasteiger partial charge in [0.25, 0.3) is 0 Å². The molecule has 1 N–H and O–H groups in total. The smallest absolute Gasteiger partial charge is 0.203 e. The lowest BCUT2D eigenvalue weighted by Gasteiger charge is -2.23. The van der Waals surface area contributed by atoms with Gasteiger partial charge in [-0.1, -0.05) is 33.1 Å². The SMILES string of the molecule is CCCn1cc(C)nc1NC1CCCCCC1C. The van der Waals surface area contributed by atoms with Gasteiger partial charge in [-0.3, -0.25) is 0 Å². The van der Waals surface area contributed by atoms with Crippen molar-refractivity contribution < 1.29 is 0 Å². The molecule has 1 aromatic heterocycles. The van der Waals surface area contributed by atoms with Crippen LogP contribution in [0, 0.1) is 12.8 Å². The second kappa shape index (κ2) is 6.26. The zero-order valence-corrected chi connectivity index (χ0v) is 12.1. The molecule has 3 heteroatoms. The van der Waals surface area contributed by atoms with Crippen LogP contribution in [0.4, 0.5) is 5.95 Å². The zero-order valence-electron chi connectivity index (χ0n) is 12.1. The summed E-state index contributed by atoms with van der Waals surface area (Å²) in [5.74, 6) is 1.84. The number of hydrogen-bond acceptors (Lipinski definition) is 2. The molecule has 102 valence electrons. The summed E-state index contributed by atoms with van der Waals surface area (Å²) in [4.78, 5) is 4.64. The molecule has 0 aromatic carbocycles. The number of hydrogen-bond donors (Lipinski definition) is 1. The molecule has 0 radical (unpaired) electrons. The molecule has 0 saturated heterocycles. The number of nitrogens with one attached hydrogen (secondary N) is 1. The number of anilines is 1. The lowest BCUT2D eigenvalue weighted by molar-refractivity contribution is 0.452. The Kier molecular flexibility index (Phi) is 4.67. The molecule has 18 heavy (non-hydrogen) atoms. The number of nitrogens with zero attached hydrogens (tertiary/aromatic N) is 2. The van der Waals surface area contributed by atoms with Gasteiger partial charge in [-0.05, 0) is 32.1 Å². The van der Waals surface area contributed by atoms with Crippen LogP contribution in [-0.4, -0.2) is 15.6 Å². The third-order valence-corrected chi connectivity index (χ3v) is 4.04. The standard InChI is InChI=1S/C15H27N3/c1-4-10-18-11-13(3)16-15(18)17-14-9-7-5-6-8-12(14)2/h11-12,14H,4-10H2,1-3H3,(H,16,17). The van der Waals surface area contributed by atoms with Crippen LogP contribution < -0.4 is 5.32 Å². The van der Waals surface area contributed by atoms with Crippen LogP contribution in [0.5, 0.6) is 0 Å². The van der Waals surface area contributed by atoms with Gasteiger partial charge in [-0.25, -0.2) is 4.98 Å². The van der Waals surface area contributed by atoms with E-state index < -0.39 is 0 Å². The Labute approximate surface area is 111 Å². The van der Waals surface area contributed by atoms with E-state index in [1.54, 1.807) is 0 Å². The lowest BCUT2D eigenvalue weighted by atomic mass is 9.97. The van der Waals surface area contributed by atoms with Crippen molar-refractivity contribution >= 4 is 5.95 Å². The average Bonchev–Trinajstić information content (AvgIpc) is 2.54. The van der Waals surface area contributed by atoms with E-state index in [-0.39, 0.29) is 0 Å². The second-order valence-corrected chi connectivity index (χ2v) is 5.77. The highest BCUT2D eigenvalue weighted by molar-refractivity contribution is 5.30. The Balaban J connectivity index is 2.06. The molecule has 1 saturated carbocycles. The van der Waals surface area contributed by atoms with E-state index in [1.165, 1.54) is 32.1 Å². The van der Waals surface area contributed by atoms with E-state index in [1.807, 2.05) is 0 Å². The minimum Gasteiger partial charge on any atom is -0.353 e. The maximum atomic E-state index is 4.64. The molecule has 1 heterocycles. The third-order valence-electron chi connectivity index (χ3n) is 4.04. The fraction of sp³-hybridized carbons (Fsp3) is 0.800. The molecule has 2 atom stereocenters. The van der Waals surface area contributed by atoms with Crippen LogP contribution in [0.25, 0.3) is 0 Å². The Hall–Kier alpha value is -0.990. The minimum atomic E-state index is 0.602. The molecule has 2 unspecified atom stereocenters. The molecule has 3 nitrogen and oxygen atoms in total. The molecular formula is C15H27N3. The van der Waals surface area contributed by atoms with E-state index in [0.29, 0.717) is 6.04 Å². The molecule has 1 aliphatic rings. The largest absolute Gasteiger partial charge is 0.353 e. The van der Waals surface area contributed by atoms with Crippen LogP contribution in [0.2, 0.25) is 0 Å². The lowest BCUT2D eigenvalue weighted by Crippen LogP contribution is -2.27. The summed E-state index contributed by atoms with van der Waals surface area (Å²) < 4.78 is 2.27. The van der Waals surface area contributed by atoms with Gasteiger partial charge in [0.1, 0.15) is 0 Å². The van der Waals surface area contributed by atoms with E-state index in [4.69, 9.17) is 0 Å². The molecule has 2 rings (SSSR count). The summed E-state index contributed by atoms with van der Waals surface area (Å²) in [5.41, 5.74) is 1.12. The summed E-state index contributed by atoms with van der Waals surface area (Å²) >= 11 is 0. The van der Waals surface area contributed by atoms with Crippen molar-refractivity contribution in [3.63, 3.8) is 0 Å². The van der Waals surface area contributed by atoms with Crippen molar-refractivity contribution in [2.75, 3.05) is 5.32 Å². The number of aryl methyl sites for hydroxylation is 2. The predicted octanol–water partition coefficient (Wildman–Crippen LogP) is 3.98. The summed E-state index contributed by atoms with van der Waals surface area (Å²) in [7, 11) is 0. The van der Waals surface area contributed by atoms with Gasteiger partial charge >= 0.3 is 0 Å². The molecule has 0 aliphatic heterocycles. The van der Waals surface area contributed by atoms with Gasteiger partial charge in [-0.15, -0.1) is 0 Å². The van der Waals surface area contributed by atoms with Gasteiger partial charge in [0.2, 0.25) is 5.95 Å². The first-order valence-corrected chi connectivity index (χ1v) is 7.51. The second-order valence-electron chi connectivity index (χ2n) is 5.77. The molecular weight excluding hydrogens is 222 g/mol. The first kappa shape index (κ1) is 13.4. The quantitative estimate of drug-likeness (QED) is 0.818. The van der Waals surface area contributed by atoms with Crippen LogP contribution >= 0.6 is 0 Å². The molecule has 1 aromatic rings. The fourth-order valence-corrected chi connectivity index (χ4v) is 2.95. The zero-order chi connectivity index (χ0) is 13.0. The number of rotatable bonds is 4. The first-order chi connectivity index (χ1) is 8.70. The first-order valence-electron chi connectivity index (χ1n) is 7.51. The Morgan fingerprint density at radius 2 is 2.11 bits per heavy atom. The number of imidazole rings is 1. The Morgan fingerprint density at radius 3 is 2.89 bits per heavy atom. The van der Waals surface area contributed by atoms with Gasteiger partial charge in [-0.2, -0.15) is 0 Å². The normalized spacial score (nSPS) is 24.8. The predicted molar refractivity (Wildman–Crippen MR) is 76.9 cm³/mol. The van der Waals surface area contributed by atoms with E-state index >= 15 is 0 Å². The highest BCUT2D eigenvalue weighted by Crippen LogP contribution is 2.25. The fourth-order valence-electron chi connectivity index (χ4n) is 2.95. The molecule has 1 fully saturated rings. The maximum absolute atomic E-state index is 4.64. The summed E-state index contributed by atoms with van der Waals surface area (Å²) in [6, 6.07) is 0.602. The molecule has 0 spiro atoms. The van der Waals surface area contributed by atoms with Gasteiger partial charge in [0.15, 0.2) is 0 Å². The molecule has 1 aliphatic carbocycles. The summed E-state index contributed by atoms with van der Waals surface area (Å²) in [5, 5.41) is 3.70. The molecule has 0 bridgehead atoms. The van der Waals surface area contributed by atoms with E-state index in [0.717, 1.165) is 30.5 Å². The van der Waals surface area contributed by atoms with Crippen molar-refractivity contribution in [1.82, 2.24) is 9.55 Å². The Morgan fingerprint density at radius 1 is 1.33 bits per heavy atom. The van der Waals surface area contributed by atoms with Gasteiger partial charge in [0.05, 0.1) is 5.69 Å². The van der Waals surface area contributed by atoms with Crippen molar-refractivity contribution in [3.8, 4) is 0 Å². The highest BCUT2D eigenvalue weighted by atomic mass is 15.2. The topological polar surface area (TPSA) is 29.9 Å². The van der Waals surface area contributed by atoms with Gasteiger partial charge < -0.3 is 9.88 Å². The summed E-state index contributed by atoms with van der Waals surface area (Å²) in [6.45, 7) is 7.73. The van der Waals surface area contributed by atoms with Crippen LogP contribution in [-0.2, 0) is 6.54 Å². The van der Waals surface area contributed by atoms with Crippen LogP contribution in [0.1, 0.15) is 58.1 Å². The molecule has 0 amide bonds. The third kappa shape index (κ3) is 3.27. The van der Waals surface area contributed by atoms with Crippen LogP contribution in [0.15, 0.2) is 6.20 Å². The monoisotopic (exact) mass is 249 g/mol. The van der Waals surface area contributed by atoms with Crippen molar-refractivity contribution in [1.29, 1.82) is 0 Å². The van der Waals surface area contributed by atoms with E-state index in [9.17, 15) is 0 Å². The maximum Gasteiger partial charge on any atom is 0.203 e. The van der Waals surface area contributed by atoms with Crippen molar-refractivity contribution in [3.05, 3.63) is 11.9 Å². The van der Waals surface area contributed by atoms with Crippen LogP contribution in [0.3, 0.4) is 0 Å². The minimum absolute atomic E-state index is 0.602. The van der Waals surface area contributed by atoms with Crippen molar-refractivity contribution in [2.24, 2.45) is 5.92 Å². The highest BCUT2D eigenvalue weighted by Gasteiger charge is 2.21. The van der Waals surface area contributed by atoms with E-state index in [2.05, 4.69) is 41.8 Å². The summed E-state index contributed by atoms with van der Waals surface area (Å²) in [6.07, 6.45) is 10.1.